The van der Waals surface area contributed by atoms with Crippen LogP contribution < -0.4 is 11.5 Å². The number of nitrogens with two attached hydrogens (primary N) is 2. The molecule has 0 heterocycles. The van der Waals surface area contributed by atoms with Crippen LogP contribution in [-0.4, -0.2) is 0 Å². The van der Waals surface area contributed by atoms with Crippen LogP contribution in [0.5, 0.6) is 0 Å². The molecule has 0 spiro atoms. The van der Waals surface area contributed by atoms with Crippen LogP contribution in [0.25, 0.3) is 0 Å². The molecule has 2 rings (SSSR count). The Morgan fingerprint density at radius 1 is 0.579 bits per heavy atom. The smallest absolute Gasteiger partial charge is 0.0651 e. The van der Waals surface area contributed by atoms with E-state index in [0.717, 1.165) is 0 Å². The van der Waals surface area contributed by atoms with Crippen LogP contribution >= 0.6 is 58.0 Å². The molecule has 0 atom stereocenters. The van der Waals surface area contributed by atoms with Crippen molar-refractivity contribution in [3.63, 3.8) is 0 Å². The van der Waals surface area contributed by atoms with E-state index in [9.17, 15) is 0 Å². The second-order valence-electron chi connectivity index (χ2n) is 3.45. The summed E-state index contributed by atoms with van der Waals surface area (Å²) in [6, 6.07) is 8.01. The molecule has 0 bridgehead atoms. The van der Waals surface area contributed by atoms with E-state index in [1.54, 1.807) is 18.2 Å². The average Bonchev–Trinajstić information content (AvgIpc) is 2.33. The van der Waals surface area contributed by atoms with Gasteiger partial charge >= 0.3 is 0 Å². The summed E-state index contributed by atoms with van der Waals surface area (Å²) in [5.41, 5.74) is 11.8. The van der Waals surface area contributed by atoms with Gasteiger partial charge in [0.1, 0.15) is 0 Å². The van der Waals surface area contributed by atoms with E-state index in [4.69, 9.17) is 69.5 Å². The predicted molar refractivity (Wildman–Crippen MR) is 86.8 cm³/mol. The van der Waals surface area contributed by atoms with Gasteiger partial charge < -0.3 is 11.5 Å². The molecule has 0 aliphatic heterocycles. The summed E-state index contributed by atoms with van der Waals surface area (Å²) in [5, 5.41) is 2.41. The van der Waals surface area contributed by atoms with Crippen molar-refractivity contribution in [2.75, 3.05) is 11.5 Å². The van der Waals surface area contributed by atoms with E-state index in [-0.39, 0.29) is 0 Å². The first kappa shape index (κ1) is 16.5. The molecule has 0 radical (unpaired) electrons. The Bertz CT molecular complexity index is 536. The first-order valence-electron chi connectivity index (χ1n) is 4.91. The second kappa shape index (κ2) is 7.32. The maximum Gasteiger partial charge on any atom is 0.0651 e. The molecule has 102 valence electrons. The molecular weight excluding hydrogens is 349 g/mol. The van der Waals surface area contributed by atoms with E-state index < -0.39 is 0 Å². The number of nitrogen functional groups attached to an aromatic ring is 2. The molecule has 2 aromatic carbocycles. The fraction of sp³-hybridized carbons (Fsp3) is 0. The Balaban J connectivity index is 0.000000191. The zero-order valence-corrected chi connectivity index (χ0v) is 13.2. The molecule has 0 unspecified atom stereocenters. The fourth-order valence-corrected chi connectivity index (χ4v) is 1.91. The van der Waals surface area contributed by atoms with E-state index >= 15 is 0 Å². The van der Waals surface area contributed by atoms with Gasteiger partial charge in [-0.05, 0) is 30.3 Å². The van der Waals surface area contributed by atoms with Gasteiger partial charge in [0.05, 0.1) is 31.5 Å². The summed E-state index contributed by atoms with van der Waals surface area (Å²) < 4.78 is 0. The third-order valence-electron chi connectivity index (χ3n) is 2.00. The lowest BCUT2D eigenvalue weighted by Crippen LogP contribution is -1.85. The van der Waals surface area contributed by atoms with Gasteiger partial charge in [-0.25, -0.2) is 0 Å². The number of halogens is 5. The highest BCUT2D eigenvalue weighted by atomic mass is 35.5. The van der Waals surface area contributed by atoms with Gasteiger partial charge in [-0.1, -0.05) is 58.0 Å². The number of rotatable bonds is 0. The predicted octanol–water partition coefficient (Wildman–Crippen LogP) is 5.80. The third kappa shape index (κ3) is 5.17. The number of hydrogen-bond acceptors (Lipinski definition) is 2. The van der Waals surface area contributed by atoms with E-state index in [1.807, 2.05) is 0 Å². The second-order valence-corrected chi connectivity index (χ2v) is 5.52. The minimum Gasteiger partial charge on any atom is -0.397 e. The summed E-state index contributed by atoms with van der Waals surface area (Å²) in [5.74, 6) is 0. The lowest BCUT2D eigenvalue weighted by atomic mass is 10.3. The molecule has 4 N–H and O–H groups in total. The van der Waals surface area contributed by atoms with Crippen LogP contribution in [0.1, 0.15) is 0 Å². The molecule has 0 amide bonds. The van der Waals surface area contributed by atoms with Crippen molar-refractivity contribution in [1.29, 1.82) is 0 Å². The molecule has 19 heavy (non-hydrogen) atoms. The Kier molecular flexibility index (Phi) is 6.37. The molecule has 2 nitrogen and oxygen atoms in total. The van der Waals surface area contributed by atoms with Crippen LogP contribution in [0.2, 0.25) is 25.1 Å². The topological polar surface area (TPSA) is 52.0 Å². The summed E-state index contributed by atoms with van der Waals surface area (Å²) in [7, 11) is 0. The molecule has 7 heteroatoms. The van der Waals surface area contributed by atoms with Crippen molar-refractivity contribution in [3.05, 3.63) is 55.4 Å². The molecule has 0 saturated carbocycles. The minimum atomic E-state index is 0.417. The largest absolute Gasteiger partial charge is 0.397 e. The van der Waals surface area contributed by atoms with Crippen LogP contribution in [0.15, 0.2) is 30.3 Å². The minimum absolute atomic E-state index is 0.417. The van der Waals surface area contributed by atoms with E-state index in [2.05, 4.69) is 0 Å². The molecule has 0 fully saturated rings. The van der Waals surface area contributed by atoms with Crippen LogP contribution in [-0.2, 0) is 0 Å². The van der Waals surface area contributed by atoms with E-state index in [0.29, 0.717) is 36.5 Å². The Hall–Kier alpha value is -0.510. The van der Waals surface area contributed by atoms with Gasteiger partial charge in [-0.15, -0.1) is 0 Å². The molecule has 0 aliphatic rings. The summed E-state index contributed by atoms with van der Waals surface area (Å²) in [6.45, 7) is 0. The molecular formula is C12H9Cl5N2. The Labute approximate surface area is 136 Å². The van der Waals surface area contributed by atoms with Gasteiger partial charge in [-0.3, -0.25) is 0 Å². The molecule has 0 aromatic heterocycles. The van der Waals surface area contributed by atoms with Crippen molar-refractivity contribution in [2.24, 2.45) is 0 Å². The lowest BCUT2D eigenvalue weighted by Gasteiger charge is -1.99. The molecule has 2 aromatic rings. The van der Waals surface area contributed by atoms with Crippen molar-refractivity contribution in [1.82, 2.24) is 0 Å². The normalized spacial score (nSPS) is 9.74. The SMILES string of the molecule is Nc1cc(Cl)c(Cl)cc1Cl.Nc1cc(Cl)ccc1Cl. The lowest BCUT2D eigenvalue weighted by molar-refractivity contribution is 1.68. The molecule has 0 aliphatic carbocycles. The monoisotopic (exact) mass is 356 g/mol. The van der Waals surface area contributed by atoms with Crippen molar-refractivity contribution < 1.29 is 0 Å². The van der Waals surface area contributed by atoms with Gasteiger partial charge in [0.15, 0.2) is 0 Å². The first-order chi connectivity index (χ1) is 8.81. The number of anilines is 2. The first-order valence-corrected chi connectivity index (χ1v) is 6.80. The summed E-state index contributed by atoms with van der Waals surface area (Å²) in [6.07, 6.45) is 0. The zero-order valence-electron chi connectivity index (χ0n) is 9.43. The van der Waals surface area contributed by atoms with Gasteiger partial charge in [-0.2, -0.15) is 0 Å². The summed E-state index contributed by atoms with van der Waals surface area (Å²) >= 11 is 28.0. The van der Waals surface area contributed by atoms with Crippen molar-refractivity contribution in [3.8, 4) is 0 Å². The maximum absolute atomic E-state index is 5.62. The Morgan fingerprint density at radius 2 is 1.11 bits per heavy atom. The average molecular weight is 358 g/mol. The van der Waals surface area contributed by atoms with E-state index in [1.165, 1.54) is 12.1 Å². The van der Waals surface area contributed by atoms with Crippen LogP contribution in [0.4, 0.5) is 11.4 Å². The standard InChI is InChI=1S/C6H4Cl3N.C6H5Cl2N/c7-3-1-5(9)6(10)2-4(3)8;7-4-1-2-5(8)6(9)3-4/h1-2H,10H2;1-3H,9H2. The number of hydrogen-bond donors (Lipinski definition) is 2. The highest BCUT2D eigenvalue weighted by Crippen LogP contribution is 2.29. The van der Waals surface area contributed by atoms with Gasteiger partial charge in [0, 0.05) is 5.02 Å². The highest BCUT2D eigenvalue weighted by Gasteiger charge is 2.01. The number of benzene rings is 2. The molecule has 0 saturated heterocycles. The Morgan fingerprint density at radius 3 is 1.58 bits per heavy atom. The van der Waals surface area contributed by atoms with Crippen LogP contribution in [0, 0.1) is 0 Å². The maximum atomic E-state index is 5.62. The van der Waals surface area contributed by atoms with Crippen molar-refractivity contribution >= 4 is 69.4 Å². The van der Waals surface area contributed by atoms with Gasteiger partial charge in [0.25, 0.3) is 0 Å². The van der Waals surface area contributed by atoms with Crippen molar-refractivity contribution in [2.45, 2.75) is 0 Å². The summed E-state index contributed by atoms with van der Waals surface area (Å²) in [4.78, 5) is 0. The zero-order chi connectivity index (χ0) is 14.6. The van der Waals surface area contributed by atoms with Gasteiger partial charge in [0.2, 0.25) is 0 Å². The third-order valence-corrected chi connectivity index (χ3v) is 3.63. The van der Waals surface area contributed by atoms with Crippen LogP contribution in [0.3, 0.4) is 0 Å². The highest BCUT2D eigenvalue weighted by molar-refractivity contribution is 6.44. The quantitative estimate of drug-likeness (QED) is 0.461. The fourth-order valence-electron chi connectivity index (χ4n) is 1.05.